The van der Waals surface area contributed by atoms with Gasteiger partial charge in [0.1, 0.15) is 11.6 Å². The number of esters is 1. The first-order valence-electron chi connectivity index (χ1n) is 7.21. The van der Waals surface area contributed by atoms with E-state index in [1.807, 2.05) is 32.0 Å². The Kier molecular flexibility index (Phi) is 6.14. The van der Waals surface area contributed by atoms with E-state index in [4.69, 9.17) is 21.1 Å². The molecule has 2 aromatic rings. The molecular formula is C17H17ClN2O4. The standard InChI is InChI=1S/C17H17ClN2O4/c1-11-3-4-12(2)14(7-11)23-10-17(22)24-9-16(21)20-15-6-5-13(18)8-19-15/h3-8H,9-10H2,1-2H3,(H,19,20,21). The zero-order valence-electron chi connectivity index (χ0n) is 13.3. The molecule has 24 heavy (non-hydrogen) atoms. The van der Waals surface area contributed by atoms with Gasteiger partial charge in [0.05, 0.1) is 5.02 Å². The Morgan fingerprint density at radius 3 is 2.67 bits per heavy atom. The van der Waals surface area contributed by atoms with Crippen LogP contribution in [0.25, 0.3) is 0 Å². The fraction of sp³-hybridized carbons (Fsp3) is 0.235. The third-order valence-electron chi connectivity index (χ3n) is 3.05. The zero-order valence-corrected chi connectivity index (χ0v) is 14.1. The lowest BCUT2D eigenvalue weighted by molar-refractivity contribution is -0.149. The van der Waals surface area contributed by atoms with Crippen LogP contribution in [0.2, 0.25) is 5.02 Å². The third-order valence-corrected chi connectivity index (χ3v) is 3.27. The Morgan fingerprint density at radius 2 is 1.96 bits per heavy atom. The molecule has 0 unspecified atom stereocenters. The summed E-state index contributed by atoms with van der Waals surface area (Å²) in [5.74, 6) is -0.186. The van der Waals surface area contributed by atoms with Crippen molar-refractivity contribution < 1.29 is 19.1 Å². The molecule has 0 atom stereocenters. The van der Waals surface area contributed by atoms with Gasteiger partial charge in [-0.2, -0.15) is 0 Å². The summed E-state index contributed by atoms with van der Waals surface area (Å²) in [6.45, 7) is 3.13. The number of hydrogen-bond acceptors (Lipinski definition) is 5. The lowest BCUT2D eigenvalue weighted by Gasteiger charge is -2.10. The first-order chi connectivity index (χ1) is 11.4. The topological polar surface area (TPSA) is 77.5 Å². The second kappa shape index (κ2) is 8.31. The molecule has 1 N–H and O–H groups in total. The van der Waals surface area contributed by atoms with E-state index >= 15 is 0 Å². The van der Waals surface area contributed by atoms with Crippen LogP contribution in [0.4, 0.5) is 5.82 Å². The van der Waals surface area contributed by atoms with Crippen LogP contribution in [-0.4, -0.2) is 30.1 Å². The maximum Gasteiger partial charge on any atom is 0.344 e. The molecule has 1 heterocycles. The second-order valence-corrected chi connectivity index (χ2v) is 5.56. The predicted molar refractivity (Wildman–Crippen MR) is 90.2 cm³/mol. The maximum absolute atomic E-state index is 11.7. The SMILES string of the molecule is Cc1ccc(C)c(OCC(=O)OCC(=O)Nc2ccc(Cl)cn2)c1. The number of halogens is 1. The van der Waals surface area contributed by atoms with Crippen LogP contribution in [-0.2, 0) is 14.3 Å². The van der Waals surface area contributed by atoms with E-state index in [-0.39, 0.29) is 6.61 Å². The van der Waals surface area contributed by atoms with Gasteiger partial charge in [-0.15, -0.1) is 0 Å². The largest absolute Gasteiger partial charge is 0.482 e. The summed E-state index contributed by atoms with van der Waals surface area (Å²) in [4.78, 5) is 27.2. The van der Waals surface area contributed by atoms with Gasteiger partial charge < -0.3 is 14.8 Å². The first-order valence-corrected chi connectivity index (χ1v) is 7.59. The van der Waals surface area contributed by atoms with E-state index < -0.39 is 18.5 Å². The van der Waals surface area contributed by atoms with Crippen molar-refractivity contribution in [1.82, 2.24) is 4.98 Å². The summed E-state index contributed by atoms with van der Waals surface area (Å²) < 4.78 is 10.3. The number of carbonyl (C=O) groups is 2. The molecule has 1 aromatic carbocycles. The van der Waals surface area contributed by atoms with Gasteiger partial charge in [-0.3, -0.25) is 4.79 Å². The van der Waals surface area contributed by atoms with Gasteiger partial charge >= 0.3 is 5.97 Å². The van der Waals surface area contributed by atoms with Gasteiger partial charge in [0.15, 0.2) is 13.2 Å². The van der Waals surface area contributed by atoms with Gasteiger partial charge in [-0.05, 0) is 43.2 Å². The summed E-state index contributed by atoms with van der Waals surface area (Å²) >= 11 is 5.70. The van der Waals surface area contributed by atoms with Crippen LogP contribution >= 0.6 is 11.6 Å². The summed E-state index contributed by atoms with van der Waals surface area (Å²) in [5.41, 5.74) is 1.94. The molecule has 0 saturated carbocycles. The van der Waals surface area contributed by atoms with Gasteiger partial charge in [0.25, 0.3) is 5.91 Å². The van der Waals surface area contributed by atoms with Crippen molar-refractivity contribution in [2.75, 3.05) is 18.5 Å². The highest BCUT2D eigenvalue weighted by Gasteiger charge is 2.10. The highest BCUT2D eigenvalue weighted by molar-refractivity contribution is 6.30. The number of hydrogen-bond donors (Lipinski definition) is 1. The van der Waals surface area contributed by atoms with Gasteiger partial charge in [-0.1, -0.05) is 23.7 Å². The Hall–Kier alpha value is -2.60. The number of nitrogens with one attached hydrogen (secondary N) is 1. The molecule has 1 aromatic heterocycles. The van der Waals surface area contributed by atoms with Crippen molar-refractivity contribution in [2.24, 2.45) is 0 Å². The van der Waals surface area contributed by atoms with Crippen molar-refractivity contribution in [2.45, 2.75) is 13.8 Å². The first kappa shape index (κ1) is 17.7. The van der Waals surface area contributed by atoms with Gasteiger partial charge in [-0.25, -0.2) is 9.78 Å². The Bertz CT molecular complexity index is 732. The van der Waals surface area contributed by atoms with Crippen LogP contribution in [0, 0.1) is 13.8 Å². The van der Waals surface area contributed by atoms with E-state index in [9.17, 15) is 9.59 Å². The van der Waals surface area contributed by atoms with Crippen LogP contribution in [0.1, 0.15) is 11.1 Å². The molecule has 0 spiro atoms. The minimum Gasteiger partial charge on any atom is -0.482 e. The molecule has 7 heteroatoms. The summed E-state index contributed by atoms with van der Waals surface area (Å²) in [7, 11) is 0. The summed E-state index contributed by atoms with van der Waals surface area (Å²) in [6.07, 6.45) is 1.40. The number of carbonyl (C=O) groups excluding carboxylic acids is 2. The number of benzene rings is 1. The fourth-order valence-electron chi connectivity index (χ4n) is 1.82. The van der Waals surface area contributed by atoms with Crippen molar-refractivity contribution in [3.8, 4) is 5.75 Å². The number of amides is 1. The molecule has 0 radical (unpaired) electrons. The molecule has 0 aliphatic heterocycles. The maximum atomic E-state index is 11.7. The van der Waals surface area contributed by atoms with E-state index in [2.05, 4.69) is 10.3 Å². The van der Waals surface area contributed by atoms with E-state index in [1.165, 1.54) is 6.20 Å². The average Bonchev–Trinajstić information content (AvgIpc) is 2.56. The highest BCUT2D eigenvalue weighted by Crippen LogP contribution is 2.18. The summed E-state index contributed by atoms with van der Waals surface area (Å²) in [5, 5.41) is 2.95. The molecule has 0 aliphatic carbocycles. The molecule has 126 valence electrons. The fourth-order valence-corrected chi connectivity index (χ4v) is 1.93. The van der Waals surface area contributed by atoms with Gasteiger partial charge in [0.2, 0.25) is 0 Å². The van der Waals surface area contributed by atoms with Gasteiger partial charge in [0, 0.05) is 6.20 Å². The van der Waals surface area contributed by atoms with Crippen LogP contribution < -0.4 is 10.1 Å². The number of pyridine rings is 1. The molecule has 6 nitrogen and oxygen atoms in total. The number of aromatic nitrogens is 1. The molecular weight excluding hydrogens is 332 g/mol. The van der Waals surface area contributed by atoms with E-state index in [0.717, 1.165) is 11.1 Å². The number of ether oxygens (including phenoxy) is 2. The molecule has 0 saturated heterocycles. The molecule has 2 rings (SSSR count). The number of rotatable bonds is 6. The van der Waals surface area contributed by atoms with Crippen LogP contribution in [0.15, 0.2) is 36.5 Å². The summed E-state index contributed by atoms with van der Waals surface area (Å²) in [6, 6.07) is 8.83. The zero-order chi connectivity index (χ0) is 17.5. The number of anilines is 1. The molecule has 1 amide bonds. The van der Waals surface area contributed by atoms with Crippen molar-refractivity contribution in [1.29, 1.82) is 0 Å². The predicted octanol–water partition coefficient (Wildman–Crippen LogP) is 2.91. The third kappa shape index (κ3) is 5.55. The minimum absolute atomic E-state index is 0.267. The Balaban J connectivity index is 1.75. The number of nitrogens with zero attached hydrogens (tertiary/aromatic N) is 1. The van der Waals surface area contributed by atoms with Crippen molar-refractivity contribution in [3.05, 3.63) is 52.7 Å². The van der Waals surface area contributed by atoms with Crippen molar-refractivity contribution >= 4 is 29.3 Å². The lowest BCUT2D eigenvalue weighted by atomic mass is 10.1. The molecule has 0 bridgehead atoms. The highest BCUT2D eigenvalue weighted by atomic mass is 35.5. The lowest BCUT2D eigenvalue weighted by Crippen LogP contribution is -2.24. The normalized spacial score (nSPS) is 10.1. The van der Waals surface area contributed by atoms with Crippen molar-refractivity contribution in [3.63, 3.8) is 0 Å². The van der Waals surface area contributed by atoms with Crippen LogP contribution in [0.3, 0.4) is 0 Å². The molecule has 0 aliphatic rings. The Labute approximate surface area is 144 Å². The van der Waals surface area contributed by atoms with E-state index in [0.29, 0.717) is 16.6 Å². The monoisotopic (exact) mass is 348 g/mol. The number of aryl methyl sites for hydroxylation is 2. The smallest absolute Gasteiger partial charge is 0.344 e. The molecule has 0 fully saturated rings. The average molecular weight is 349 g/mol. The Morgan fingerprint density at radius 1 is 1.17 bits per heavy atom. The van der Waals surface area contributed by atoms with Crippen LogP contribution in [0.5, 0.6) is 5.75 Å². The minimum atomic E-state index is -0.630. The quantitative estimate of drug-likeness (QED) is 0.812. The van der Waals surface area contributed by atoms with E-state index in [1.54, 1.807) is 12.1 Å². The second-order valence-electron chi connectivity index (χ2n) is 5.13.